The first-order chi connectivity index (χ1) is 16.9. The summed E-state index contributed by atoms with van der Waals surface area (Å²) in [5, 5.41) is 12.5. The lowest BCUT2D eigenvalue weighted by atomic mass is 10.0. The van der Waals surface area contributed by atoms with E-state index in [1.54, 1.807) is 62.0 Å². The third-order valence-electron chi connectivity index (χ3n) is 5.27. The molecule has 0 saturated carbocycles. The van der Waals surface area contributed by atoms with Crippen molar-refractivity contribution >= 4 is 27.4 Å². The standard InChI is InChI=1S/C25H25N5O4S/c1-34-22-13-7-18(8-14-22)15-24(19-16-26-27-17-19)29-25(31)28-20-9-11-21(12-10-20)30-35(32,33)23-5-3-2-4-6-23/h2-14,16-17,24,30H,15H2,1H3,(H,26,27)(H2,28,29,31). The van der Waals surface area contributed by atoms with Crippen molar-refractivity contribution in [3.63, 3.8) is 0 Å². The zero-order valence-electron chi connectivity index (χ0n) is 18.9. The first kappa shape index (κ1) is 23.8. The van der Waals surface area contributed by atoms with Gasteiger partial charge in [-0.15, -0.1) is 0 Å². The van der Waals surface area contributed by atoms with Crippen LogP contribution in [-0.2, 0) is 16.4 Å². The van der Waals surface area contributed by atoms with Gasteiger partial charge in [0.2, 0.25) is 0 Å². The fourth-order valence-corrected chi connectivity index (χ4v) is 4.54. The SMILES string of the molecule is COc1ccc(CC(NC(=O)Nc2ccc(NS(=O)(=O)c3ccccc3)cc2)c2cn[nH]c2)cc1. The first-order valence-electron chi connectivity index (χ1n) is 10.8. The molecule has 4 N–H and O–H groups in total. The van der Waals surface area contributed by atoms with Crippen LogP contribution in [0.1, 0.15) is 17.2 Å². The molecule has 2 amide bonds. The number of nitrogens with one attached hydrogen (secondary N) is 4. The number of ether oxygens (including phenoxy) is 1. The van der Waals surface area contributed by atoms with Crippen LogP contribution in [-0.4, -0.2) is 31.8 Å². The minimum atomic E-state index is -3.69. The monoisotopic (exact) mass is 491 g/mol. The van der Waals surface area contributed by atoms with E-state index >= 15 is 0 Å². The molecule has 3 aromatic carbocycles. The number of hydrogen-bond acceptors (Lipinski definition) is 5. The summed E-state index contributed by atoms with van der Waals surface area (Å²) in [5.74, 6) is 0.758. The number of rotatable bonds is 9. The van der Waals surface area contributed by atoms with Crippen molar-refractivity contribution in [2.75, 3.05) is 17.1 Å². The molecule has 0 fully saturated rings. The Bertz CT molecular complexity index is 1340. The van der Waals surface area contributed by atoms with E-state index in [2.05, 4.69) is 25.6 Å². The number of amides is 2. The molecular formula is C25H25N5O4S. The predicted octanol–water partition coefficient (Wildman–Crippen LogP) is 4.32. The highest BCUT2D eigenvalue weighted by molar-refractivity contribution is 7.92. The maximum absolute atomic E-state index is 12.7. The van der Waals surface area contributed by atoms with Crippen molar-refractivity contribution in [3.05, 3.63) is 102 Å². The lowest BCUT2D eigenvalue weighted by Crippen LogP contribution is -2.33. The van der Waals surface area contributed by atoms with Crippen molar-refractivity contribution in [3.8, 4) is 5.75 Å². The second-order valence-electron chi connectivity index (χ2n) is 7.73. The van der Waals surface area contributed by atoms with Gasteiger partial charge in [-0.25, -0.2) is 13.2 Å². The molecule has 0 saturated heterocycles. The Kier molecular flexibility index (Phi) is 7.32. The number of anilines is 2. The highest BCUT2D eigenvalue weighted by Gasteiger charge is 2.17. The number of urea groups is 1. The molecule has 10 heteroatoms. The largest absolute Gasteiger partial charge is 0.497 e. The summed E-state index contributed by atoms with van der Waals surface area (Å²) in [6.07, 6.45) is 3.96. The average molecular weight is 492 g/mol. The van der Waals surface area contributed by atoms with Crippen molar-refractivity contribution < 1.29 is 17.9 Å². The summed E-state index contributed by atoms with van der Waals surface area (Å²) >= 11 is 0. The van der Waals surface area contributed by atoms with E-state index in [1.165, 1.54) is 12.1 Å². The molecule has 1 heterocycles. The summed E-state index contributed by atoms with van der Waals surface area (Å²) in [6.45, 7) is 0. The number of benzene rings is 3. The lowest BCUT2D eigenvalue weighted by Gasteiger charge is -2.18. The molecule has 180 valence electrons. The van der Waals surface area contributed by atoms with Gasteiger partial charge in [0, 0.05) is 23.1 Å². The van der Waals surface area contributed by atoms with Crippen molar-refractivity contribution in [1.82, 2.24) is 15.5 Å². The summed E-state index contributed by atoms with van der Waals surface area (Å²) in [7, 11) is -2.08. The second kappa shape index (κ2) is 10.7. The number of carbonyl (C=O) groups excluding carboxylic acids is 1. The number of sulfonamides is 1. The number of carbonyl (C=O) groups is 1. The third-order valence-corrected chi connectivity index (χ3v) is 6.67. The van der Waals surface area contributed by atoms with Gasteiger partial charge in [-0.3, -0.25) is 9.82 Å². The molecule has 0 aliphatic carbocycles. The molecule has 0 spiro atoms. The van der Waals surface area contributed by atoms with E-state index < -0.39 is 16.1 Å². The van der Waals surface area contributed by atoms with Gasteiger partial charge in [-0.05, 0) is 60.5 Å². The van der Waals surface area contributed by atoms with E-state index in [1.807, 2.05) is 24.3 Å². The number of aromatic amines is 1. The average Bonchev–Trinajstić information content (AvgIpc) is 3.41. The molecule has 9 nitrogen and oxygen atoms in total. The van der Waals surface area contributed by atoms with Crippen LogP contribution in [0, 0.1) is 0 Å². The van der Waals surface area contributed by atoms with Crippen molar-refractivity contribution in [2.24, 2.45) is 0 Å². The van der Waals surface area contributed by atoms with Crippen LogP contribution in [0.25, 0.3) is 0 Å². The van der Waals surface area contributed by atoms with E-state index in [-0.39, 0.29) is 10.9 Å². The maximum Gasteiger partial charge on any atom is 0.319 e. The van der Waals surface area contributed by atoms with E-state index in [9.17, 15) is 13.2 Å². The lowest BCUT2D eigenvalue weighted by molar-refractivity contribution is 0.248. The van der Waals surface area contributed by atoms with E-state index in [4.69, 9.17) is 4.74 Å². The van der Waals surface area contributed by atoms with Crippen LogP contribution < -0.4 is 20.1 Å². The summed E-state index contributed by atoms with van der Waals surface area (Å²) < 4.78 is 32.7. The first-order valence-corrected chi connectivity index (χ1v) is 12.3. The molecule has 35 heavy (non-hydrogen) atoms. The molecule has 0 aliphatic heterocycles. The third kappa shape index (κ3) is 6.39. The number of nitrogens with zero attached hydrogens (tertiary/aromatic N) is 1. The molecule has 1 atom stereocenters. The molecule has 0 bridgehead atoms. The van der Waals surface area contributed by atoms with Gasteiger partial charge in [0.05, 0.1) is 24.2 Å². The molecule has 4 aromatic rings. The molecule has 4 rings (SSSR count). The Morgan fingerprint density at radius 1 is 0.971 bits per heavy atom. The van der Waals surface area contributed by atoms with E-state index in [0.29, 0.717) is 17.8 Å². The second-order valence-corrected chi connectivity index (χ2v) is 9.41. The Labute approximate surface area is 203 Å². The Hall–Kier alpha value is -4.31. The smallest absolute Gasteiger partial charge is 0.319 e. The quantitative estimate of drug-likeness (QED) is 0.277. The van der Waals surface area contributed by atoms with Gasteiger partial charge < -0.3 is 15.4 Å². The van der Waals surface area contributed by atoms with Crippen molar-refractivity contribution in [1.29, 1.82) is 0 Å². The molecule has 1 aromatic heterocycles. The fourth-order valence-electron chi connectivity index (χ4n) is 3.46. The van der Waals surface area contributed by atoms with Gasteiger partial charge >= 0.3 is 6.03 Å². The van der Waals surface area contributed by atoms with E-state index in [0.717, 1.165) is 16.9 Å². The molecule has 1 unspecified atom stereocenters. The Morgan fingerprint density at radius 2 is 1.66 bits per heavy atom. The normalized spacial score (nSPS) is 11.9. The van der Waals surface area contributed by atoms with Crippen molar-refractivity contribution in [2.45, 2.75) is 17.4 Å². The number of hydrogen-bond donors (Lipinski definition) is 4. The fraction of sp³-hybridized carbons (Fsp3) is 0.120. The van der Waals surface area contributed by atoms with Gasteiger partial charge in [0.1, 0.15) is 5.75 Å². The number of H-pyrrole nitrogens is 1. The summed E-state index contributed by atoms with van der Waals surface area (Å²) in [6, 6.07) is 21.4. The van der Waals surface area contributed by atoms with Gasteiger partial charge in [-0.2, -0.15) is 5.10 Å². The van der Waals surface area contributed by atoms with Crippen LogP contribution in [0.4, 0.5) is 16.2 Å². The maximum atomic E-state index is 12.7. The molecule has 0 aliphatic rings. The minimum absolute atomic E-state index is 0.170. The number of aromatic nitrogens is 2. The summed E-state index contributed by atoms with van der Waals surface area (Å²) in [5.41, 5.74) is 2.75. The van der Waals surface area contributed by atoms with Gasteiger partial charge in [0.25, 0.3) is 10.0 Å². The van der Waals surface area contributed by atoms with Crippen LogP contribution in [0.15, 0.2) is 96.2 Å². The zero-order valence-corrected chi connectivity index (χ0v) is 19.7. The Morgan fingerprint density at radius 3 is 2.29 bits per heavy atom. The van der Waals surface area contributed by atoms with Crippen LogP contribution in [0.5, 0.6) is 5.75 Å². The van der Waals surface area contributed by atoms with Crippen LogP contribution >= 0.6 is 0 Å². The Balaban J connectivity index is 1.39. The predicted molar refractivity (Wildman–Crippen MR) is 134 cm³/mol. The topological polar surface area (TPSA) is 125 Å². The summed E-state index contributed by atoms with van der Waals surface area (Å²) in [4.78, 5) is 12.9. The van der Waals surface area contributed by atoms with Gasteiger partial charge in [-0.1, -0.05) is 30.3 Å². The van der Waals surface area contributed by atoms with Gasteiger partial charge in [0.15, 0.2) is 0 Å². The highest BCUT2D eigenvalue weighted by Crippen LogP contribution is 2.21. The van der Waals surface area contributed by atoms with Crippen LogP contribution in [0.3, 0.4) is 0 Å². The zero-order chi connectivity index (χ0) is 24.7. The number of methoxy groups -OCH3 is 1. The molecule has 0 radical (unpaired) electrons. The minimum Gasteiger partial charge on any atom is -0.497 e. The van der Waals surface area contributed by atoms with Crippen LogP contribution in [0.2, 0.25) is 0 Å². The highest BCUT2D eigenvalue weighted by atomic mass is 32.2. The molecular weight excluding hydrogens is 466 g/mol.